The van der Waals surface area contributed by atoms with Crippen LogP contribution in [0.25, 0.3) is 0 Å². The van der Waals surface area contributed by atoms with E-state index in [2.05, 4.69) is 45.1 Å². The highest BCUT2D eigenvalue weighted by Crippen LogP contribution is 2.19. The van der Waals surface area contributed by atoms with Gasteiger partial charge in [-0.15, -0.1) is 0 Å². The number of rotatable bonds is 69. The SMILES string of the molecule is CCCCCC/C=C\C/C=C\CCCCCCCCCC(=O)OC(COC(=O)CCCCCCCCCCCCC)COC(=O)CCCCCCCCCCCCCCCCCCCCCCCCCCCCCCCCCCCC. The Morgan fingerprint density at radius 3 is 0.691 bits per heavy atom. The molecule has 0 N–H and O–H groups in total. The molecule has 0 spiro atoms. The van der Waals surface area contributed by atoms with Gasteiger partial charge in [0.05, 0.1) is 0 Å². The Morgan fingerprint density at radius 2 is 0.444 bits per heavy atom. The zero-order valence-electron chi connectivity index (χ0n) is 55.1. The summed E-state index contributed by atoms with van der Waals surface area (Å²) in [5.74, 6) is -0.848. The lowest BCUT2D eigenvalue weighted by atomic mass is 10.0. The summed E-state index contributed by atoms with van der Waals surface area (Å²) in [6.45, 7) is 6.69. The second kappa shape index (κ2) is 70.4. The van der Waals surface area contributed by atoms with Crippen LogP contribution in [0.15, 0.2) is 24.3 Å². The Hall–Kier alpha value is -2.11. The minimum atomic E-state index is -0.772. The van der Waals surface area contributed by atoms with Crippen LogP contribution in [0.2, 0.25) is 0 Å². The molecule has 6 nitrogen and oxygen atoms in total. The number of ether oxygens (including phenoxy) is 3. The van der Waals surface area contributed by atoms with E-state index in [0.717, 1.165) is 70.6 Å². The van der Waals surface area contributed by atoms with Crippen molar-refractivity contribution >= 4 is 17.9 Å². The normalized spacial score (nSPS) is 12.1. The molecule has 1 atom stereocenters. The number of carbonyl (C=O) groups is 3. The highest BCUT2D eigenvalue weighted by atomic mass is 16.6. The van der Waals surface area contributed by atoms with E-state index in [1.807, 2.05) is 0 Å². The molecule has 0 bridgehead atoms. The number of esters is 3. The first-order valence-corrected chi connectivity index (χ1v) is 36.8. The van der Waals surface area contributed by atoms with Crippen molar-refractivity contribution in [3.05, 3.63) is 24.3 Å². The van der Waals surface area contributed by atoms with E-state index < -0.39 is 6.10 Å². The van der Waals surface area contributed by atoms with Gasteiger partial charge in [-0.05, 0) is 51.4 Å². The highest BCUT2D eigenvalue weighted by Gasteiger charge is 2.20. The summed E-state index contributed by atoms with van der Waals surface area (Å²) in [7, 11) is 0. The van der Waals surface area contributed by atoms with Crippen LogP contribution in [-0.2, 0) is 28.6 Å². The molecular weight excluding hydrogens is 997 g/mol. The van der Waals surface area contributed by atoms with Gasteiger partial charge in [-0.2, -0.15) is 0 Å². The van der Waals surface area contributed by atoms with E-state index in [4.69, 9.17) is 14.2 Å². The van der Waals surface area contributed by atoms with Gasteiger partial charge in [0.1, 0.15) is 13.2 Å². The fraction of sp³-hybridized carbons (Fsp3) is 0.907. The average molecular weight is 1140 g/mol. The molecule has 0 saturated carbocycles. The van der Waals surface area contributed by atoms with Crippen molar-refractivity contribution in [2.24, 2.45) is 0 Å². The molecule has 81 heavy (non-hydrogen) atoms. The molecule has 0 aliphatic rings. The summed E-state index contributed by atoms with van der Waals surface area (Å²) in [5.41, 5.74) is 0. The van der Waals surface area contributed by atoms with E-state index in [-0.39, 0.29) is 31.1 Å². The first-order valence-electron chi connectivity index (χ1n) is 36.8. The number of allylic oxidation sites excluding steroid dienone is 4. The minimum absolute atomic E-state index is 0.0685. The predicted molar refractivity (Wildman–Crippen MR) is 353 cm³/mol. The Balaban J connectivity index is 4.04. The van der Waals surface area contributed by atoms with Crippen LogP contribution in [0, 0.1) is 0 Å². The maximum atomic E-state index is 12.9. The fourth-order valence-corrected chi connectivity index (χ4v) is 11.4. The lowest BCUT2D eigenvalue weighted by Crippen LogP contribution is -2.30. The third-order valence-corrected chi connectivity index (χ3v) is 17.0. The second-order valence-electron chi connectivity index (χ2n) is 25.2. The van der Waals surface area contributed by atoms with Gasteiger partial charge in [0, 0.05) is 19.3 Å². The molecule has 0 aromatic heterocycles. The standard InChI is InChI=1S/C75H142O6/c1-4-7-10-13-16-19-22-24-26-28-30-31-32-33-34-35-36-37-38-39-40-41-42-43-44-45-47-48-50-53-56-59-62-65-68-74(77)80-71-72(70-79-73(76)67-64-61-58-55-52-21-18-15-12-9-6-3)81-75(78)69-66-63-60-57-54-51-49-46-29-27-25-23-20-17-14-11-8-5-2/h20,23,27,29,72H,4-19,21-22,24-26,28,30-71H2,1-3H3/b23-20-,29-27-. The van der Waals surface area contributed by atoms with Crippen LogP contribution >= 0.6 is 0 Å². The smallest absolute Gasteiger partial charge is 0.306 e. The Morgan fingerprint density at radius 1 is 0.247 bits per heavy atom. The highest BCUT2D eigenvalue weighted by molar-refractivity contribution is 5.71. The van der Waals surface area contributed by atoms with E-state index in [9.17, 15) is 14.4 Å². The second-order valence-corrected chi connectivity index (χ2v) is 25.2. The first-order chi connectivity index (χ1) is 40.0. The van der Waals surface area contributed by atoms with Gasteiger partial charge in [0.15, 0.2) is 6.10 Å². The summed E-state index contributed by atoms with van der Waals surface area (Å²) in [5, 5.41) is 0. The summed E-state index contributed by atoms with van der Waals surface area (Å²) in [6, 6.07) is 0. The van der Waals surface area contributed by atoms with Crippen LogP contribution in [0.1, 0.15) is 419 Å². The molecular formula is C75H142O6. The Bertz CT molecular complexity index is 1310. The van der Waals surface area contributed by atoms with Crippen molar-refractivity contribution in [3.63, 3.8) is 0 Å². The van der Waals surface area contributed by atoms with Crippen LogP contribution in [0.4, 0.5) is 0 Å². The third-order valence-electron chi connectivity index (χ3n) is 17.0. The van der Waals surface area contributed by atoms with Crippen molar-refractivity contribution in [1.29, 1.82) is 0 Å². The van der Waals surface area contributed by atoms with Crippen LogP contribution in [0.3, 0.4) is 0 Å². The van der Waals surface area contributed by atoms with Gasteiger partial charge in [-0.3, -0.25) is 14.4 Å². The van der Waals surface area contributed by atoms with Crippen LogP contribution in [-0.4, -0.2) is 37.2 Å². The van der Waals surface area contributed by atoms with E-state index in [0.29, 0.717) is 19.3 Å². The monoisotopic (exact) mass is 1140 g/mol. The topological polar surface area (TPSA) is 78.9 Å². The van der Waals surface area contributed by atoms with Gasteiger partial charge in [0.2, 0.25) is 0 Å². The molecule has 6 heteroatoms. The zero-order chi connectivity index (χ0) is 58.5. The molecule has 1 unspecified atom stereocenters. The van der Waals surface area contributed by atoms with Gasteiger partial charge in [-0.25, -0.2) is 0 Å². The Kier molecular flexibility index (Phi) is 68.5. The van der Waals surface area contributed by atoms with Gasteiger partial charge < -0.3 is 14.2 Å². The molecule has 0 aliphatic carbocycles. The van der Waals surface area contributed by atoms with Gasteiger partial charge in [-0.1, -0.05) is 373 Å². The molecule has 0 rings (SSSR count). The maximum Gasteiger partial charge on any atom is 0.306 e. The first kappa shape index (κ1) is 78.9. The molecule has 478 valence electrons. The minimum Gasteiger partial charge on any atom is -0.462 e. The predicted octanol–water partition coefficient (Wildman–Crippen LogP) is 25.3. The molecule has 0 fully saturated rings. The van der Waals surface area contributed by atoms with E-state index in [1.165, 1.54) is 308 Å². The summed E-state index contributed by atoms with van der Waals surface area (Å²) >= 11 is 0. The van der Waals surface area contributed by atoms with Crippen molar-refractivity contribution in [2.45, 2.75) is 425 Å². The van der Waals surface area contributed by atoms with Crippen molar-refractivity contribution < 1.29 is 28.6 Å². The quantitative estimate of drug-likeness (QED) is 0.0261. The van der Waals surface area contributed by atoms with Crippen molar-refractivity contribution in [2.75, 3.05) is 13.2 Å². The molecule has 0 aliphatic heterocycles. The lowest BCUT2D eigenvalue weighted by Gasteiger charge is -2.18. The third kappa shape index (κ3) is 68.6. The average Bonchev–Trinajstić information content (AvgIpc) is 3.47. The number of hydrogen-bond acceptors (Lipinski definition) is 6. The van der Waals surface area contributed by atoms with Gasteiger partial charge in [0.25, 0.3) is 0 Å². The molecule has 0 amide bonds. The molecule has 0 saturated heterocycles. The zero-order valence-corrected chi connectivity index (χ0v) is 55.1. The van der Waals surface area contributed by atoms with Gasteiger partial charge >= 0.3 is 17.9 Å². The Labute approximate surface area is 506 Å². The van der Waals surface area contributed by atoms with E-state index in [1.54, 1.807) is 0 Å². The number of unbranched alkanes of at least 4 members (excludes halogenated alkanes) is 54. The van der Waals surface area contributed by atoms with E-state index >= 15 is 0 Å². The molecule has 0 radical (unpaired) electrons. The number of carbonyl (C=O) groups excluding carboxylic acids is 3. The number of hydrogen-bond donors (Lipinski definition) is 0. The van der Waals surface area contributed by atoms with Crippen LogP contribution < -0.4 is 0 Å². The lowest BCUT2D eigenvalue weighted by molar-refractivity contribution is -0.167. The molecule has 0 heterocycles. The molecule has 0 aromatic carbocycles. The summed E-state index contributed by atoms with van der Waals surface area (Å²) < 4.78 is 17.0. The van der Waals surface area contributed by atoms with Crippen LogP contribution in [0.5, 0.6) is 0 Å². The molecule has 0 aromatic rings. The van der Waals surface area contributed by atoms with Crippen molar-refractivity contribution in [1.82, 2.24) is 0 Å². The van der Waals surface area contributed by atoms with Crippen molar-refractivity contribution in [3.8, 4) is 0 Å². The maximum absolute atomic E-state index is 12.9. The summed E-state index contributed by atoms with van der Waals surface area (Å²) in [6.07, 6.45) is 86.7. The largest absolute Gasteiger partial charge is 0.462 e. The fourth-order valence-electron chi connectivity index (χ4n) is 11.4. The summed E-state index contributed by atoms with van der Waals surface area (Å²) in [4.78, 5) is 38.3.